The van der Waals surface area contributed by atoms with Crippen LogP contribution in [0.1, 0.15) is 91.5 Å². The van der Waals surface area contributed by atoms with E-state index in [0.717, 1.165) is 36.0 Å². The second-order valence-electron chi connectivity index (χ2n) is 16.7. The van der Waals surface area contributed by atoms with E-state index in [-0.39, 0.29) is 23.8 Å². The lowest BCUT2D eigenvalue weighted by Crippen LogP contribution is -2.57. The number of halogens is 1. The van der Waals surface area contributed by atoms with Gasteiger partial charge in [-0.1, -0.05) is 66.2 Å². The van der Waals surface area contributed by atoms with E-state index in [0.29, 0.717) is 62.9 Å². The van der Waals surface area contributed by atoms with E-state index in [1.54, 1.807) is 9.80 Å². The lowest BCUT2D eigenvalue weighted by atomic mass is 9.74. The highest BCUT2D eigenvalue weighted by molar-refractivity contribution is 9.10. The van der Waals surface area contributed by atoms with Gasteiger partial charge in [0.05, 0.1) is 5.92 Å². The summed E-state index contributed by atoms with van der Waals surface area (Å²) in [5.41, 5.74) is 0.538. The predicted octanol–water partition coefficient (Wildman–Crippen LogP) is 7.90. The van der Waals surface area contributed by atoms with Crippen LogP contribution in [0.3, 0.4) is 0 Å². The van der Waals surface area contributed by atoms with Gasteiger partial charge in [-0.3, -0.25) is 9.59 Å². The van der Waals surface area contributed by atoms with Gasteiger partial charge in [0.1, 0.15) is 11.4 Å². The second kappa shape index (κ2) is 15.8. The quantitative estimate of drug-likeness (QED) is 0.258. The summed E-state index contributed by atoms with van der Waals surface area (Å²) >= 11 is 3.55. The van der Waals surface area contributed by atoms with Crippen LogP contribution >= 0.6 is 15.9 Å². The zero-order valence-corrected chi connectivity index (χ0v) is 32.8. The minimum absolute atomic E-state index is 0.0661. The highest BCUT2D eigenvalue weighted by Gasteiger charge is 2.42. The molecule has 0 N–H and O–H groups in total. The first-order chi connectivity index (χ1) is 24.3. The molecule has 10 heteroatoms. The van der Waals surface area contributed by atoms with E-state index in [4.69, 9.17) is 9.47 Å². The van der Waals surface area contributed by atoms with Gasteiger partial charge in [-0.25, -0.2) is 4.79 Å². The average Bonchev–Trinajstić information content (AvgIpc) is 3.96. The summed E-state index contributed by atoms with van der Waals surface area (Å²) in [6.45, 7) is 13.2. The average molecular weight is 766 g/mol. The highest BCUT2D eigenvalue weighted by atomic mass is 79.9. The van der Waals surface area contributed by atoms with Crippen LogP contribution in [-0.2, 0) is 20.9 Å². The van der Waals surface area contributed by atoms with Gasteiger partial charge in [0, 0.05) is 68.1 Å². The van der Waals surface area contributed by atoms with Crippen LogP contribution in [0.4, 0.5) is 10.5 Å². The third-order valence-corrected chi connectivity index (χ3v) is 11.5. The van der Waals surface area contributed by atoms with Crippen LogP contribution in [-0.4, -0.2) is 89.1 Å². The molecule has 2 aromatic carbocycles. The van der Waals surface area contributed by atoms with Crippen molar-refractivity contribution in [3.8, 4) is 5.75 Å². The van der Waals surface area contributed by atoms with E-state index in [9.17, 15) is 14.4 Å². The van der Waals surface area contributed by atoms with Crippen LogP contribution < -0.4 is 9.64 Å². The van der Waals surface area contributed by atoms with Crippen molar-refractivity contribution in [1.29, 1.82) is 0 Å². The minimum Gasteiger partial charge on any atom is -0.478 e. The highest BCUT2D eigenvalue weighted by Crippen LogP contribution is 2.40. The number of amides is 3. The number of ether oxygens (including phenoxy) is 2. The molecule has 0 bridgehead atoms. The number of piperidine rings is 1. The molecule has 4 fully saturated rings. The molecule has 9 nitrogen and oxygen atoms in total. The maximum Gasteiger partial charge on any atom is 0.410 e. The van der Waals surface area contributed by atoms with E-state index in [1.165, 1.54) is 37.7 Å². The molecule has 0 spiro atoms. The molecule has 2 heterocycles. The van der Waals surface area contributed by atoms with Gasteiger partial charge in [-0.15, -0.1) is 0 Å². The monoisotopic (exact) mass is 764 g/mol. The van der Waals surface area contributed by atoms with Crippen molar-refractivity contribution in [2.45, 2.75) is 110 Å². The molecule has 0 radical (unpaired) electrons. The maximum atomic E-state index is 14.4. The van der Waals surface area contributed by atoms with E-state index < -0.39 is 11.2 Å². The van der Waals surface area contributed by atoms with Crippen molar-refractivity contribution in [3.63, 3.8) is 0 Å². The normalized spacial score (nSPS) is 22.0. The first-order valence-electron chi connectivity index (χ1n) is 19.1. The van der Waals surface area contributed by atoms with Crippen LogP contribution in [0, 0.1) is 17.8 Å². The van der Waals surface area contributed by atoms with Gasteiger partial charge in [0.25, 0.3) is 5.91 Å². The summed E-state index contributed by atoms with van der Waals surface area (Å²) in [6.07, 6.45) is 9.12. The van der Waals surface area contributed by atoms with Gasteiger partial charge >= 0.3 is 6.09 Å². The Balaban J connectivity index is 1.14. The molecule has 0 aromatic heterocycles. The van der Waals surface area contributed by atoms with E-state index in [2.05, 4.69) is 56.1 Å². The molecule has 6 rings (SSSR count). The van der Waals surface area contributed by atoms with Gasteiger partial charge in [0.15, 0.2) is 5.60 Å². The van der Waals surface area contributed by atoms with Crippen molar-refractivity contribution in [1.82, 2.24) is 14.7 Å². The molecule has 2 atom stereocenters. The minimum atomic E-state index is -1.10. The molecule has 2 aliphatic carbocycles. The number of benzene rings is 2. The molecule has 51 heavy (non-hydrogen) atoms. The summed E-state index contributed by atoms with van der Waals surface area (Å²) in [4.78, 5) is 48.8. The van der Waals surface area contributed by atoms with Crippen molar-refractivity contribution in [2.75, 3.05) is 44.2 Å². The first-order valence-corrected chi connectivity index (χ1v) is 19.9. The predicted molar refractivity (Wildman–Crippen MR) is 204 cm³/mol. The molecule has 4 aliphatic rings. The van der Waals surface area contributed by atoms with Gasteiger partial charge in [-0.2, -0.15) is 0 Å². The zero-order valence-electron chi connectivity index (χ0n) is 31.2. The smallest absolute Gasteiger partial charge is 0.410 e. The maximum absolute atomic E-state index is 14.4. The third kappa shape index (κ3) is 9.79. The number of rotatable bonds is 9. The zero-order chi connectivity index (χ0) is 36.3. The van der Waals surface area contributed by atoms with E-state index in [1.807, 2.05) is 52.8 Å². The van der Waals surface area contributed by atoms with Crippen LogP contribution in [0.5, 0.6) is 5.75 Å². The van der Waals surface area contributed by atoms with Crippen molar-refractivity contribution < 1.29 is 23.9 Å². The Morgan fingerprint density at radius 3 is 2.14 bits per heavy atom. The van der Waals surface area contributed by atoms with Crippen LogP contribution in [0.2, 0.25) is 0 Å². The summed E-state index contributed by atoms with van der Waals surface area (Å²) in [5.74, 6) is 1.85. The van der Waals surface area contributed by atoms with Crippen LogP contribution in [0.25, 0.3) is 0 Å². The Bertz CT molecular complexity index is 1520. The molecular formula is C41H57BrN4O5. The second-order valence-corrected chi connectivity index (χ2v) is 17.6. The molecular weight excluding hydrogens is 708 g/mol. The molecule has 2 unspecified atom stereocenters. The number of anilines is 1. The Morgan fingerprint density at radius 2 is 1.49 bits per heavy atom. The third-order valence-electron chi connectivity index (χ3n) is 11.0. The number of hydrogen-bond acceptors (Lipinski definition) is 6. The fourth-order valence-corrected chi connectivity index (χ4v) is 8.41. The lowest BCUT2D eigenvalue weighted by molar-refractivity contribution is -0.147. The Labute approximate surface area is 313 Å². The summed E-state index contributed by atoms with van der Waals surface area (Å²) in [7, 11) is 0. The fourth-order valence-electron chi connectivity index (χ4n) is 8.15. The Kier molecular flexibility index (Phi) is 11.6. The number of hydrogen-bond donors (Lipinski definition) is 0. The fraction of sp³-hybridized carbons (Fsp3) is 0.634. The number of carbonyl (C=O) groups excluding carboxylic acids is 3. The summed E-state index contributed by atoms with van der Waals surface area (Å²) in [6, 6.07) is 16.8. The Hall–Kier alpha value is -3.27. The number of piperazine rings is 1. The molecule has 2 aromatic rings. The van der Waals surface area contributed by atoms with Gasteiger partial charge < -0.3 is 29.1 Å². The number of nitrogens with zero attached hydrogens (tertiary/aromatic N) is 4. The standard InChI is InChI=1S/C41H57BrN4O5/c1-40(2,3)51-39(49)44-22-20-43(21-23-44)38(48)41(4,5)50-36-13-9-12-35(25-36)45-27-31(30-10-7-6-8-11-30)24-32(28-45)37(47)46(34-18-19-34)26-29-14-16-33(42)17-15-29/h9,12-17,25,30-32,34H,6-8,10-11,18-24,26-28H2,1-5H3. The van der Waals surface area contributed by atoms with Crippen molar-refractivity contribution >= 4 is 39.5 Å². The van der Waals surface area contributed by atoms with Crippen molar-refractivity contribution in [2.24, 2.45) is 17.8 Å². The number of carbonyl (C=O) groups is 3. The largest absolute Gasteiger partial charge is 0.478 e. The SMILES string of the molecule is CC(C)(C)OC(=O)N1CCN(C(=O)C(C)(C)Oc2cccc(N3CC(C(=O)N(Cc4ccc(Br)cc4)C4CC4)CC(C4CCCCC4)C3)c2)CC1. The topological polar surface area (TPSA) is 82.6 Å². The van der Waals surface area contributed by atoms with Gasteiger partial charge in [-0.05, 0) is 95.5 Å². The van der Waals surface area contributed by atoms with Crippen molar-refractivity contribution in [3.05, 3.63) is 58.6 Å². The molecule has 2 saturated carbocycles. The molecule has 278 valence electrons. The van der Waals surface area contributed by atoms with Gasteiger partial charge in [0.2, 0.25) is 5.91 Å². The lowest BCUT2D eigenvalue weighted by Gasteiger charge is -2.44. The summed E-state index contributed by atoms with van der Waals surface area (Å²) in [5, 5.41) is 0. The Morgan fingerprint density at radius 1 is 0.824 bits per heavy atom. The molecule has 2 saturated heterocycles. The summed E-state index contributed by atoms with van der Waals surface area (Å²) < 4.78 is 13.0. The van der Waals surface area contributed by atoms with E-state index >= 15 is 0 Å². The first kappa shape index (κ1) is 37.5. The van der Waals surface area contributed by atoms with Crippen LogP contribution in [0.15, 0.2) is 53.0 Å². The molecule has 2 aliphatic heterocycles. The molecule has 3 amide bonds.